The zero-order chi connectivity index (χ0) is 49.6. The third kappa shape index (κ3) is 15.6. The molecular weight excluding hydrogens is 1010 g/mol. The Kier molecular flexibility index (Phi) is 24.2. The fraction of sp³-hybridized carbons (Fsp3) is 0.353. The van der Waals surface area contributed by atoms with E-state index in [0.717, 1.165) is 12.8 Å². The van der Waals surface area contributed by atoms with Crippen LogP contribution in [0.4, 0.5) is 0 Å². The van der Waals surface area contributed by atoms with Crippen molar-refractivity contribution in [1.29, 1.82) is 0 Å². The van der Waals surface area contributed by atoms with Crippen LogP contribution in [0.25, 0.3) is 66.1 Å². The second-order valence-electron chi connectivity index (χ2n) is 23.2. The quantitative estimate of drug-likeness (QED) is 0.0946. The Morgan fingerprint density at radius 2 is 0.583 bits per heavy atom. The molecule has 0 atom stereocenters. The van der Waals surface area contributed by atoms with Crippen molar-refractivity contribution in [2.24, 2.45) is 0 Å². The number of fused-ring (bicyclic) bond motifs is 2. The van der Waals surface area contributed by atoms with Crippen molar-refractivity contribution in [2.75, 3.05) is 0 Å². The van der Waals surface area contributed by atoms with Gasteiger partial charge in [-0.3, -0.25) is 0 Å². The number of halogens is 2. The summed E-state index contributed by atoms with van der Waals surface area (Å²) >= 11 is 1.36. The van der Waals surface area contributed by atoms with Gasteiger partial charge in [-0.15, -0.1) is 69.6 Å². The van der Waals surface area contributed by atoms with Crippen LogP contribution in [0.15, 0.2) is 146 Å². The summed E-state index contributed by atoms with van der Waals surface area (Å²) in [6, 6.07) is 55.8. The summed E-state index contributed by atoms with van der Waals surface area (Å²) in [6.07, 6.45) is 7.22. The van der Waals surface area contributed by atoms with Crippen molar-refractivity contribution in [3.05, 3.63) is 194 Å². The molecule has 8 rings (SSSR count). The molecule has 4 heteroatoms. The molecule has 0 aromatic heterocycles. The molecule has 0 saturated carbocycles. The molecule has 0 spiro atoms. The van der Waals surface area contributed by atoms with Crippen LogP contribution in [-0.2, 0) is 57.8 Å². The van der Waals surface area contributed by atoms with E-state index in [1.165, 1.54) is 148 Å². The van der Waals surface area contributed by atoms with Crippen molar-refractivity contribution in [3.8, 4) is 44.5 Å². The maximum atomic E-state index is 3.06. The van der Waals surface area contributed by atoms with Gasteiger partial charge in [0.05, 0.1) is 0 Å². The van der Waals surface area contributed by atoms with Crippen LogP contribution in [0.1, 0.15) is 156 Å². The molecule has 0 aliphatic carbocycles. The van der Waals surface area contributed by atoms with Crippen LogP contribution in [0.5, 0.6) is 0 Å². The Morgan fingerprint density at radius 3 is 0.806 bits per heavy atom. The van der Waals surface area contributed by atoms with Crippen molar-refractivity contribution >= 4 is 53.2 Å². The summed E-state index contributed by atoms with van der Waals surface area (Å²) in [6.45, 7) is 34.9. The van der Waals surface area contributed by atoms with Crippen LogP contribution in [-0.4, -0.2) is 6.88 Å². The Labute approximate surface area is 468 Å². The van der Waals surface area contributed by atoms with Crippen LogP contribution in [0.2, 0.25) is 0 Å². The molecule has 384 valence electrons. The first kappa shape index (κ1) is 64.3. The molecule has 0 N–H and O–H groups in total. The average Bonchev–Trinajstić information content (AvgIpc) is 3.95. The summed E-state index contributed by atoms with van der Waals surface area (Å²) in [4.78, 5) is 0. The molecule has 0 aliphatic rings. The molecule has 0 heterocycles. The molecule has 0 amide bonds. The molecule has 0 nitrogen and oxygen atoms in total. The number of hydrogen-bond donors (Lipinski definition) is 0. The molecule has 0 bridgehead atoms. The van der Waals surface area contributed by atoms with E-state index in [0.29, 0.717) is 0 Å². The Hall–Kier alpha value is -3.78. The van der Waals surface area contributed by atoms with Gasteiger partial charge in [0.2, 0.25) is 0 Å². The third-order valence-corrected chi connectivity index (χ3v) is 13.8. The standard InChI is InChI=1S/2C33H39.2CH3.2ClH.Si.Zr/c2*1-8-9-10-23-21-30-28(24-11-15-26(16-12-24)32(2,3)4)19-20-29(31(30)22-23)25-13-17-27(18-14-25)33(5,6)7;;;;;;/h2*11-22H,8-10H2,1-7H3;2*1H3;2*1H;;/q4*-1;;;;. The first-order valence-electron chi connectivity index (χ1n) is 25.3. The van der Waals surface area contributed by atoms with Gasteiger partial charge >= 0.3 is 30.2 Å². The van der Waals surface area contributed by atoms with Gasteiger partial charge in [-0.05, 0) is 67.9 Å². The topological polar surface area (TPSA) is 0 Å². The number of unbranched alkanes of at least 4 members (excludes halogenated alkanes) is 2. The van der Waals surface area contributed by atoms with E-state index in [4.69, 9.17) is 0 Å². The molecule has 0 aliphatic heterocycles. The van der Waals surface area contributed by atoms with E-state index >= 15 is 0 Å². The molecule has 2 radical (unpaired) electrons. The van der Waals surface area contributed by atoms with E-state index in [1.54, 1.807) is 0 Å². The van der Waals surface area contributed by atoms with Crippen molar-refractivity contribution in [1.82, 2.24) is 0 Å². The fourth-order valence-corrected chi connectivity index (χ4v) is 9.38. The molecule has 0 fully saturated rings. The van der Waals surface area contributed by atoms with Gasteiger partial charge in [-0.1, -0.05) is 277 Å². The van der Waals surface area contributed by atoms with Gasteiger partial charge in [0.15, 0.2) is 0 Å². The van der Waals surface area contributed by atoms with E-state index in [1.807, 2.05) is 0 Å². The SMILES string of the molecule is CCCCc1cc2c(-c3ccc(C(C)(C)C)cc3)ccc(-c3ccc(C(C)(C)C)cc3)c2[cH-]1.CCCCc1cc2c(-c3ccc(C(C)(C)C)cc3)ccc(-c3ccc(C(C)(C)C)cc3)c2[cH-]1.Cl.Cl.[CH3-].[CH3-].[Si]=[Zr]. The van der Waals surface area contributed by atoms with Crippen LogP contribution < -0.4 is 0 Å². The van der Waals surface area contributed by atoms with Gasteiger partial charge in [0, 0.05) is 0 Å². The summed E-state index contributed by atoms with van der Waals surface area (Å²) in [5, 5.41) is 5.51. The summed E-state index contributed by atoms with van der Waals surface area (Å²) in [5.74, 6) is 0. The minimum absolute atomic E-state index is 0. The van der Waals surface area contributed by atoms with Gasteiger partial charge in [-0.25, -0.2) is 0 Å². The monoisotopic (exact) mass is 1090 g/mol. The van der Waals surface area contributed by atoms with E-state index < -0.39 is 0 Å². The second-order valence-corrected chi connectivity index (χ2v) is 23.2. The predicted octanol–water partition coefficient (Wildman–Crippen LogP) is 21.0. The average molecular weight is 1090 g/mol. The molecule has 0 unspecified atom stereocenters. The first-order valence-corrected chi connectivity index (χ1v) is 29.5. The van der Waals surface area contributed by atoms with E-state index in [9.17, 15) is 0 Å². The zero-order valence-electron chi connectivity index (χ0n) is 46.9. The van der Waals surface area contributed by atoms with Gasteiger partial charge in [0.25, 0.3) is 0 Å². The number of aryl methyl sites for hydroxylation is 2. The Morgan fingerprint density at radius 1 is 0.361 bits per heavy atom. The van der Waals surface area contributed by atoms with E-state index in [2.05, 4.69) is 249 Å². The molecule has 8 aromatic rings. The molecule has 72 heavy (non-hydrogen) atoms. The predicted molar refractivity (Wildman–Crippen MR) is 326 cm³/mol. The Balaban J connectivity index is 0.000000453. The van der Waals surface area contributed by atoms with Gasteiger partial charge < -0.3 is 14.9 Å². The van der Waals surface area contributed by atoms with Gasteiger partial charge in [0.1, 0.15) is 0 Å². The van der Waals surface area contributed by atoms with Crippen LogP contribution in [0.3, 0.4) is 0 Å². The number of benzene rings is 6. The number of hydrogen-bond acceptors (Lipinski definition) is 0. The Bertz CT molecular complexity index is 2490. The normalized spacial score (nSPS) is 11.5. The molecule has 8 aromatic carbocycles. The summed E-state index contributed by atoms with van der Waals surface area (Å²) in [5.41, 5.74) is 19.7. The maximum absolute atomic E-state index is 3.06. The van der Waals surface area contributed by atoms with Crippen molar-refractivity contribution in [2.45, 2.75) is 157 Å². The third-order valence-electron chi connectivity index (χ3n) is 13.8. The molecule has 0 saturated heterocycles. The minimum atomic E-state index is 0. The second kappa shape index (κ2) is 27.1. The first-order chi connectivity index (χ1) is 32.1. The van der Waals surface area contributed by atoms with E-state index in [-0.39, 0.29) is 61.3 Å². The van der Waals surface area contributed by atoms with Crippen LogP contribution >= 0.6 is 24.8 Å². The molecular formula is C68H86Cl2SiZr-4. The fourth-order valence-electron chi connectivity index (χ4n) is 9.38. The number of rotatable bonds is 10. The van der Waals surface area contributed by atoms with Crippen molar-refractivity contribution < 1.29 is 23.3 Å². The van der Waals surface area contributed by atoms with Crippen LogP contribution in [0, 0.1) is 14.9 Å². The zero-order valence-corrected chi connectivity index (χ0v) is 52.0. The summed E-state index contributed by atoms with van der Waals surface area (Å²) in [7, 11) is 0. The summed E-state index contributed by atoms with van der Waals surface area (Å²) < 4.78 is 0. The van der Waals surface area contributed by atoms with Gasteiger partial charge in [-0.2, -0.15) is 12.1 Å². The van der Waals surface area contributed by atoms with Crippen molar-refractivity contribution in [3.63, 3.8) is 0 Å².